The molecule has 0 aliphatic carbocycles. The van der Waals surface area contributed by atoms with Gasteiger partial charge in [-0.1, -0.05) is 6.42 Å². The molecule has 0 radical (unpaired) electrons. The molecule has 1 N–H and O–H groups in total. The highest BCUT2D eigenvalue weighted by molar-refractivity contribution is 4.81. The van der Waals surface area contributed by atoms with Gasteiger partial charge in [0.15, 0.2) is 0 Å². The SMILES string of the molecule is CN1CCOCC1CC1CCCCN1. The van der Waals surface area contributed by atoms with E-state index in [2.05, 4.69) is 17.3 Å². The lowest BCUT2D eigenvalue weighted by Gasteiger charge is -2.36. The maximum atomic E-state index is 5.52. The number of hydrogen-bond donors (Lipinski definition) is 1. The molecule has 0 spiro atoms. The molecule has 82 valence electrons. The van der Waals surface area contributed by atoms with Gasteiger partial charge in [0.2, 0.25) is 0 Å². The minimum Gasteiger partial charge on any atom is -0.378 e. The summed E-state index contributed by atoms with van der Waals surface area (Å²) in [5.41, 5.74) is 0. The quantitative estimate of drug-likeness (QED) is 0.712. The molecule has 2 aliphatic rings. The van der Waals surface area contributed by atoms with Gasteiger partial charge in [-0.2, -0.15) is 0 Å². The molecule has 2 saturated heterocycles. The van der Waals surface area contributed by atoms with E-state index in [1.165, 1.54) is 32.2 Å². The predicted molar refractivity (Wildman–Crippen MR) is 57.5 cm³/mol. The average molecular weight is 198 g/mol. The topological polar surface area (TPSA) is 24.5 Å². The summed E-state index contributed by atoms with van der Waals surface area (Å²) in [7, 11) is 2.22. The molecule has 2 rings (SSSR count). The van der Waals surface area contributed by atoms with Crippen LogP contribution < -0.4 is 5.32 Å². The molecule has 2 atom stereocenters. The second-order valence-electron chi connectivity index (χ2n) is 4.59. The van der Waals surface area contributed by atoms with Crippen LogP contribution in [0.5, 0.6) is 0 Å². The van der Waals surface area contributed by atoms with Crippen LogP contribution in [-0.2, 0) is 4.74 Å². The fourth-order valence-corrected chi connectivity index (χ4v) is 2.44. The fourth-order valence-electron chi connectivity index (χ4n) is 2.44. The van der Waals surface area contributed by atoms with Crippen molar-refractivity contribution in [2.45, 2.75) is 37.8 Å². The van der Waals surface area contributed by atoms with E-state index < -0.39 is 0 Å². The summed E-state index contributed by atoms with van der Waals surface area (Å²) in [5.74, 6) is 0. The molecule has 2 heterocycles. The third kappa shape index (κ3) is 2.69. The molecule has 2 unspecified atom stereocenters. The number of morpholine rings is 1. The van der Waals surface area contributed by atoms with Gasteiger partial charge in [-0.05, 0) is 32.9 Å². The Morgan fingerprint density at radius 1 is 1.43 bits per heavy atom. The summed E-state index contributed by atoms with van der Waals surface area (Å²) in [5, 5.41) is 3.60. The second kappa shape index (κ2) is 5.10. The van der Waals surface area contributed by atoms with Crippen LogP contribution in [0.3, 0.4) is 0 Å². The van der Waals surface area contributed by atoms with Crippen LogP contribution in [0.15, 0.2) is 0 Å². The fraction of sp³-hybridized carbons (Fsp3) is 1.00. The van der Waals surface area contributed by atoms with Crippen molar-refractivity contribution in [2.24, 2.45) is 0 Å². The van der Waals surface area contributed by atoms with E-state index in [1.807, 2.05) is 0 Å². The first-order chi connectivity index (χ1) is 6.86. The molecule has 0 amide bonds. The van der Waals surface area contributed by atoms with Crippen LogP contribution >= 0.6 is 0 Å². The van der Waals surface area contributed by atoms with E-state index in [0.29, 0.717) is 6.04 Å². The highest BCUT2D eigenvalue weighted by Crippen LogP contribution is 2.16. The van der Waals surface area contributed by atoms with Crippen molar-refractivity contribution in [1.82, 2.24) is 10.2 Å². The lowest BCUT2D eigenvalue weighted by Crippen LogP contribution is -2.47. The zero-order valence-corrected chi connectivity index (χ0v) is 9.17. The smallest absolute Gasteiger partial charge is 0.0622 e. The van der Waals surface area contributed by atoms with Crippen molar-refractivity contribution < 1.29 is 4.74 Å². The number of nitrogens with one attached hydrogen (secondary N) is 1. The van der Waals surface area contributed by atoms with Gasteiger partial charge >= 0.3 is 0 Å². The van der Waals surface area contributed by atoms with Gasteiger partial charge < -0.3 is 10.1 Å². The predicted octanol–water partition coefficient (Wildman–Crippen LogP) is 0.849. The van der Waals surface area contributed by atoms with Crippen molar-refractivity contribution in [3.05, 3.63) is 0 Å². The third-order valence-corrected chi connectivity index (χ3v) is 3.49. The zero-order chi connectivity index (χ0) is 9.80. The van der Waals surface area contributed by atoms with Gasteiger partial charge in [0.25, 0.3) is 0 Å². The molecule has 3 nitrogen and oxygen atoms in total. The largest absolute Gasteiger partial charge is 0.378 e. The lowest BCUT2D eigenvalue weighted by atomic mass is 9.97. The van der Waals surface area contributed by atoms with Crippen molar-refractivity contribution in [2.75, 3.05) is 33.4 Å². The molecule has 2 aliphatic heterocycles. The molecule has 3 heteroatoms. The van der Waals surface area contributed by atoms with Crippen LogP contribution in [0.1, 0.15) is 25.7 Å². The van der Waals surface area contributed by atoms with E-state index in [4.69, 9.17) is 4.74 Å². The Bertz CT molecular complexity index is 169. The van der Waals surface area contributed by atoms with Crippen molar-refractivity contribution >= 4 is 0 Å². The van der Waals surface area contributed by atoms with Gasteiger partial charge in [-0.15, -0.1) is 0 Å². The zero-order valence-electron chi connectivity index (χ0n) is 9.17. The summed E-state index contributed by atoms with van der Waals surface area (Å²) < 4.78 is 5.52. The number of likely N-dealkylation sites (N-methyl/N-ethyl adjacent to an activating group) is 1. The van der Waals surface area contributed by atoms with Crippen molar-refractivity contribution in [1.29, 1.82) is 0 Å². The van der Waals surface area contributed by atoms with E-state index in [-0.39, 0.29) is 0 Å². The number of nitrogens with zero attached hydrogens (tertiary/aromatic N) is 1. The maximum Gasteiger partial charge on any atom is 0.0622 e. The molecule has 0 bridgehead atoms. The first kappa shape index (κ1) is 10.4. The van der Waals surface area contributed by atoms with Crippen molar-refractivity contribution in [3.8, 4) is 0 Å². The molecule has 2 fully saturated rings. The van der Waals surface area contributed by atoms with E-state index >= 15 is 0 Å². The summed E-state index contributed by atoms with van der Waals surface area (Å²) in [6, 6.07) is 1.37. The molecule has 0 aromatic heterocycles. The minimum atomic E-state index is 0.638. The summed E-state index contributed by atoms with van der Waals surface area (Å²) in [6.45, 7) is 4.14. The highest BCUT2D eigenvalue weighted by atomic mass is 16.5. The Balaban J connectivity index is 1.76. The standard InChI is InChI=1S/C11H22N2O/c1-13-6-7-14-9-11(13)8-10-4-2-3-5-12-10/h10-12H,2-9H2,1H3. The molecule has 0 saturated carbocycles. The highest BCUT2D eigenvalue weighted by Gasteiger charge is 2.23. The first-order valence-corrected chi connectivity index (χ1v) is 5.87. The summed E-state index contributed by atoms with van der Waals surface area (Å²) in [6.07, 6.45) is 5.36. The molecule has 0 aromatic rings. The van der Waals surface area contributed by atoms with Gasteiger partial charge in [-0.3, -0.25) is 4.90 Å². The Labute approximate surface area is 86.8 Å². The minimum absolute atomic E-state index is 0.638. The van der Waals surface area contributed by atoms with E-state index in [9.17, 15) is 0 Å². The van der Waals surface area contributed by atoms with E-state index in [0.717, 1.165) is 25.8 Å². The normalized spacial score (nSPS) is 35.8. The number of ether oxygens (including phenoxy) is 1. The Hall–Kier alpha value is -0.120. The van der Waals surface area contributed by atoms with Gasteiger partial charge in [0, 0.05) is 18.6 Å². The number of hydrogen-bond acceptors (Lipinski definition) is 3. The van der Waals surface area contributed by atoms with E-state index in [1.54, 1.807) is 0 Å². The Kier molecular flexibility index (Phi) is 3.79. The monoisotopic (exact) mass is 198 g/mol. The molecular formula is C11H22N2O. The molecule has 14 heavy (non-hydrogen) atoms. The van der Waals surface area contributed by atoms with Crippen molar-refractivity contribution in [3.63, 3.8) is 0 Å². The average Bonchev–Trinajstić information content (AvgIpc) is 2.23. The molecular weight excluding hydrogens is 176 g/mol. The number of rotatable bonds is 2. The third-order valence-electron chi connectivity index (χ3n) is 3.49. The summed E-state index contributed by atoms with van der Waals surface area (Å²) in [4.78, 5) is 2.44. The Morgan fingerprint density at radius 2 is 2.36 bits per heavy atom. The van der Waals surface area contributed by atoms with Gasteiger partial charge in [0.1, 0.15) is 0 Å². The summed E-state index contributed by atoms with van der Waals surface area (Å²) >= 11 is 0. The van der Waals surface area contributed by atoms with Crippen LogP contribution in [0.25, 0.3) is 0 Å². The molecule has 0 aromatic carbocycles. The second-order valence-corrected chi connectivity index (χ2v) is 4.59. The lowest BCUT2D eigenvalue weighted by molar-refractivity contribution is -0.00161. The van der Waals surface area contributed by atoms with Crippen LogP contribution in [0, 0.1) is 0 Å². The number of piperidine rings is 1. The van der Waals surface area contributed by atoms with Crippen LogP contribution in [0.4, 0.5) is 0 Å². The van der Waals surface area contributed by atoms with Gasteiger partial charge in [0.05, 0.1) is 13.2 Å². The van der Waals surface area contributed by atoms with Crippen LogP contribution in [0.2, 0.25) is 0 Å². The maximum absolute atomic E-state index is 5.52. The van der Waals surface area contributed by atoms with Crippen LogP contribution in [-0.4, -0.2) is 50.3 Å². The van der Waals surface area contributed by atoms with Gasteiger partial charge in [-0.25, -0.2) is 0 Å². The first-order valence-electron chi connectivity index (χ1n) is 5.87. The Morgan fingerprint density at radius 3 is 3.07 bits per heavy atom.